The normalized spacial score (nSPS) is 13.7. The molecule has 0 fully saturated rings. The van der Waals surface area contributed by atoms with Crippen LogP contribution in [0.25, 0.3) is 29.4 Å². The fourth-order valence-electron chi connectivity index (χ4n) is 8.07. The van der Waals surface area contributed by atoms with Crippen LogP contribution in [0.2, 0.25) is 0 Å². The molecule has 2 nitrogen and oxygen atoms in total. The first-order valence-corrected chi connectivity index (χ1v) is 20.4. The van der Waals surface area contributed by atoms with E-state index in [-0.39, 0.29) is 5.41 Å². The number of methoxy groups -OCH3 is 1. The molecule has 1 aliphatic rings. The van der Waals surface area contributed by atoms with Crippen molar-refractivity contribution in [3.05, 3.63) is 89.0 Å². The van der Waals surface area contributed by atoms with Crippen LogP contribution in [0, 0.1) is 5.92 Å². The number of benzene rings is 3. The van der Waals surface area contributed by atoms with Gasteiger partial charge in [0.15, 0.2) is 0 Å². The van der Waals surface area contributed by atoms with Crippen molar-refractivity contribution in [2.45, 2.75) is 149 Å². The Balaban J connectivity index is 1.65. The summed E-state index contributed by atoms with van der Waals surface area (Å²) in [5.74, 6) is 2.39. The molecule has 2 heteroatoms. The van der Waals surface area contributed by atoms with Crippen molar-refractivity contribution >= 4 is 18.2 Å². The Morgan fingerprint density at radius 2 is 1.22 bits per heavy atom. The summed E-state index contributed by atoms with van der Waals surface area (Å²) >= 11 is 0. The zero-order valence-corrected chi connectivity index (χ0v) is 32.5. The quantitative estimate of drug-likeness (QED) is 0.0657. The van der Waals surface area contributed by atoms with E-state index in [9.17, 15) is 0 Å². The minimum absolute atomic E-state index is 0.0437. The van der Waals surface area contributed by atoms with Gasteiger partial charge >= 0.3 is 0 Å². The zero-order chi connectivity index (χ0) is 35.6. The Morgan fingerprint density at radius 1 is 0.640 bits per heavy atom. The first kappa shape index (κ1) is 39.5. The Labute approximate surface area is 306 Å². The summed E-state index contributed by atoms with van der Waals surface area (Å²) < 4.78 is 12.1. The summed E-state index contributed by atoms with van der Waals surface area (Å²) in [7, 11) is 1.76. The molecule has 0 saturated heterocycles. The van der Waals surface area contributed by atoms with Gasteiger partial charge in [0.25, 0.3) is 0 Å². The molecule has 0 radical (unpaired) electrons. The maximum atomic E-state index is 6.33. The van der Waals surface area contributed by atoms with Gasteiger partial charge in [-0.25, -0.2) is 0 Å². The fourth-order valence-corrected chi connectivity index (χ4v) is 8.07. The Hall–Kier alpha value is -3.26. The molecular weight excluding hydrogens is 609 g/mol. The highest BCUT2D eigenvalue weighted by Crippen LogP contribution is 2.55. The number of ether oxygens (including phenoxy) is 2. The standard InChI is InChI=1S/C48H68O2/c1-7-12-15-17-19-21-32-48(33-22-20-18-16-13-8-2)45-34-38(10-4)25-29-43(45)44-30-26-40(35-46(44)48)24-27-41-36-42(28-31-47(41)49-6)50-37-39(11-5)23-14-9-3/h10,24-31,34-36,39H,4,7-9,11-23,32-33,37H2,1-3,5-6H3/b27-24+. The molecule has 0 N–H and O–H groups in total. The van der Waals surface area contributed by atoms with Crippen LogP contribution in [0.3, 0.4) is 0 Å². The smallest absolute Gasteiger partial charge is 0.126 e. The molecular formula is C48H68O2. The molecule has 0 aliphatic heterocycles. The lowest BCUT2D eigenvalue weighted by atomic mass is 9.70. The number of unbranched alkanes of at least 4 members (excludes halogenated alkanes) is 11. The maximum Gasteiger partial charge on any atom is 0.126 e. The molecule has 1 atom stereocenters. The third-order valence-electron chi connectivity index (χ3n) is 11.2. The van der Waals surface area contributed by atoms with Gasteiger partial charge in [0.1, 0.15) is 11.5 Å². The van der Waals surface area contributed by atoms with Gasteiger partial charge in [0.2, 0.25) is 0 Å². The zero-order valence-electron chi connectivity index (χ0n) is 32.5. The van der Waals surface area contributed by atoms with Crippen molar-refractivity contribution in [2.75, 3.05) is 13.7 Å². The minimum Gasteiger partial charge on any atom is -0.496 e. The average molecular weight is 677 g/mol. The van der Waals surface area contributed by atoms with Crippen LogP contribution in [0.5, 0.6) is 11.5 Å². The van der Waals surface area contributed by atoms with Gasteiger partial charge in [0, 0.05) is 11.0 Å². The van der Waals surface area contributed by atoms with Crippen molar-refractivity contribution < 1.29 is 9.47 Å². The Kier molecular flexibility index (Phi) is 16.7. The topological polar surface area (TPSA) is 18.5 Å². The molecule has 0 amide bonds. The minimum atomic E-state index is 0.0437. The largest absolute Gasteiger partial charge is 0.496 e. The lowest BCUT2D eigenvalue weighted by Crippen LogP contribution is -2.25. The third kappa shape index (κ3) is 10.6. The van der Waals surface area contributed by atoms with Crippen molar-refractivity contribution in [1.82, 2.24) is 0 Å². The van der Waals surface area contributed by atoms with Crippen molar-refractivity contribution in [3.63, 3.8) is 0 Å². The first-order valence-electron chi connectivity index (χ1n) is 20.4. The highest BCUT2D eigenvalue weighted by Gasteiger charge is 2.42. The second-order valence-corrected chi connectivity index (χ2v) is 14.9. The summed E-state index contributed by atoms with van der Waals surface area (Å²) in [6.45, 7) is 14.1. The molecule has 1 aliphatic carbocycles. The van der Waals surface area contributed by atoms with E-state index >= 15 is 0 Å². The molecule has 0 spiro atoms. The van der Waals surface area contributed by atoms with E-state index in [0.717, 1.165) is 30.1 Å². The second-order valence-electron chi connectivity index (χ2n) is 14.9. The molecule has 0 saturated carbocycles. The Bertz CT molecular complexity index is 1460. The van der Waals surface area contributed by atoms with Gasteiger partial charge in [-0.15, -0.1) is 0 Å². The second kappa shape index (κ2) is 21.2. The van der Waals surface area contributed by atoms with E-state index in [0.29, 0.717) is 5.92 Å². The molecule has 0 heterocycles. The molecule has 4 rings (SSSR count). The van der Waals surface area contributed by atoms with E-state index in [1.54, 1.807) is 7.11 Å². The molecule has 0 aromatic heterocycles. The Morgan fingerprint density at radius 3 is 1.80 bits per heavy atom. The van der Waals surface area contributed by atoms with E-state index < -0.39 is 0 Å². The van der Waals surface area contributed by atoms with E-state index in [1.165, 1.54) is 143 Å². The predicted octanol–water partition coefficient (Wildman–Crippen LogP) is 14.9. The number of rotatable bonds is 25. The van der Waals surface area contributed by atoms with Crippen LogP contribution in [0.15, 0.2) is 61.2 Å². The van der Waals surface area contributed by atoms with E-state index in [2.05, 4.69) is 88.9 Å². The maximum absolute atomic E-state index is 6.33. The lowest BCUT2D eigenvalue weighted by molar-refractivity contribution is 0.233. The predicted molar refractivity (Wildman–Crippen MR) is 219 cm³/mol. The van der Waals surface area contributed by atoms with Crippen LogP contribution in [0.4, 0.5) is 0 Å². The summed E-state index contributed by atoms with van der Waals surface area (Å²) in [6, 6.07) is 20.5. The van der Waals surface area contributed by atoms with Gasteiger partial charge in [-0.05, 0) is 76.8 Å². The summed E-state index contributed by atoms with van der Waals surface area (Å²) in [6.07, 6.45) is 29.7. The molecule has 272 valence electrons. The van der Waals surface area contributed by atoms with Gasteiger partial charge in [-0.3, -0.25) is 0 Å². The summed E-state index contributed by atoms with van der Waals surface area (Å²) in [4.78, 5) is 0. The van der Waals surface area contributed by atoms with Crippen LogP contribution in [0.1, 0.15) is 171 Å². The van der Waals surface area contributed by atoms with Gasteiger partial charge in [0.05, 0.1) is 13.7 Å². The van der Waals surface area contributed by atoms with Crippen LogP contribution >= 0.6 is 0 Å². The highest BCUT2D eigenvalue weighted by atomic mass is 16.5. The molecule has 1 unspecified atom stereocenters. The number of fused-ring (bicyclic) bond motifs is 3. The SMILES string of the molecule is C=Cc1ccc2c(c1)C(CCCCCCCC)(CCCCCCCC)c1cc(/C=C/c3cc(OCC(CC)CCCC)ccc3OC)ccc1-2. The summed E-state index contributed by atoms with van der Waals surface area (Å²) in [5.41, 5.74) is 9.48. The average Bonchev–Trinajstić information content (AvgIpc) is 3.41. The lowest BCUT2D eigenvalue weighted by Gasteiger charge is -2.33. The number of hydrogen-bond acceptors (Lipinski definition) is 2. The number of hydrogen-bond donors (Lipinski definition) is 0. The van der Waals surface area contributed by atoms with E-state index in [4.69, 9.17) is 9.47 Å². The monoisotopic (exact) mass is 677 g/mol. The van der Waals surface area contributed by atoms with Gasteiger partial charge in [-0.1, -0.05) is 185 Å². The summed E-state index contributed by atoms with van der Waals surface area (Å²) in [5, 5.41) is 0. The van der Waals surface area contributed by atoms with Crippen molar-refractivity contribution in [1.29, 1.82) is 0 Å². The molecule has 50 heavy (non-hydrogen) atoms. The van der Waals surface area contributed by atoms with E-state index in [1.807, 2.05) is 18.2 Å². The van der Waals surface area contributed by atoms with Gasteiger partial charge < -0.3 is 9.47 Å². The fraction of sp³-hybridized carbons (Fsp3) is 0.542. The van der Waals surface area contributed by atoms with Crippen LogP contribution < -0.4 is 9.47 Å². The third-order valence-corrected chi connectivity index (χ3v) is 11.2. The van der Waals surface area contributed by atoms with Crippen LogP contribution in [-0.2, 0) is 5.41 Å². The van der Waals surface area contributed by atoms with Crippen LogP contribution in [-0.4, -0.2) is 13.7 Å². The van der Waals surface area contributed by atoms with Crippen molar-refractivity contribution in [2.24, 2.45) is 5.92 Å². The first-order chi connectivity index (χ1) is 24.5. The van der Waals surface area contributed by atoms with Gasteiger partial charge in [-0.2, -0.15) is 0 Å². The molecule has 3 aromatic carbocycles. The van der Waals surface area contributed by atoms with Crippen molar-refractivity contribution in [3.8, 4) is 22.6 Å². The molecule has 3 aromatic rings. The highest BCUT2D eigenvalue weighted by molar-refractivity contribution is 5.84. The molecule has 0 bridgehead atoms.